The van der Waals surface area contributed by atoms with Crippen LogP contribution in [0.5, 0.6) is 0 Å². The second-order valence-corrected chi connectivity index (χ2v) is 14.3. The molecule has 55 heavy (non-hydrogen) atoms. The van der Waals surface area contributed by atoms with Crippen molar-refractivity contribution in [1.82, 2.24) is 9.88 Å². The molecule has 0 aliphatic carbocycles. The number of hydrogen-bond donors (Lipinski definition) is 1. The van der Waals surface area contributed by atoms with E-state index < -0.39 is 0 Å². The lowest BCUT2D eigenvalue weighted by atomic mass is 10.00. The van der Waals surface area contributed by atoms with Crippen LogP contribution in [-0.2, 0) is 0 Å². The monoisotopic (exact) mass is 702 g/mol. The summed E-state index contributed by atoms with van der Waals surface area (Å²) in [5, 5.41) is 13.6. The molecule has 1 aliphatic heterocycles. The largest absolute Gasteiger partial charge is 0.344 e. The van der Waals surface area contributed by atoms with Gasteiger partial charge in [-0.15, -0.1) is 0 Å². The van der Waals surface area contributed by atoms with E-state index in [-0.39, 0.29) is 6.17 Å². The lowest BCUT2D eigenvalue weighted by molar-refractivity contribution is 0.674. The Hall–Kier alpha value is -7.30. The normalized spacial score (nSPS) is 14.4. The first-order valence-corrected chi connectivity index (χ1v) is 18.8. The van der Waals surface area contributed by atoms with Crippen LogP contribution in [0.2, 0.25) is 0 Å². The van der Waals surface area contributed by atoms with E-state index in [1.807, 2.05) is 0 Å². The highest BCUT2D eigenvalue weighted by atomic mass is 15.2. The minimum atomic E-state index is -0.341. The number of amidine groups is 2. The second kappa shape index (κ2) is 12.7. The van der Waals surface area contributed by atoms with Crippen LogP contribution in [0.1, 0.15) is 22.9 Å². The van der Waals surface area contributed by atoms with Crippen molar-refractivity contribution >= 4 is 65.8 Å². The maximum atomic E-state index is 5.26. The van der Waals surface area contributed by atoms with E-state index in [4.69, 9.17) is 9.98 Å². The predicted molar refractivity (Wildman–Crippen MR) is 231 cm³/mol. The third-order valence-corrected chi connectivity index (χ3v) is 11.0. The van der Waals surface area contributed by atoms with Gasteiger partial charge in [-0.1, -0.05) is 158 Å². The van der Waals surface area contributed by atoms with Gasteiger partial charge in [0, 0.05) is 27.6 Å². The summed E-state index contributed by atoms with van der Waals surface area (Å²) < 4.78 is 2.41. The van der Waals surface area contributed by atoms with E-state index in [0.29, 0.717) is 5.84 Å². The Labute approximate surface area is 318 Å². The topological polar surface area (TPSA) is 41.7 Å². The molecule has 0 bridgehead atoms. The van der Waals surface area contributed by atoms with Crippen LogP contribution in [0, 0.1) is 0 Å². The predicted octanol–water partition coefficient (Wildman–Crippen LogP) is 12.4. The summed E-state index contributed by atoms with van der Waals surface area (Å²) in [6.45, 7) is 0. The molecular formula is C51H34N4. The van der Waals surface area contributed by atoms with Gasteiger partial charge in [-0.3, -0.25) is 0 Å². The van der Waals surface area contributed by atoms with E-state index in [1.165, 1.54) is 54.3 Å². The minimum absolute atomic E-state index is 0.341. The van der Waals surface area contributed by atoms with Gasteiger partial charge in [0.05, 0.1) is 11.0 Å². The average Bonchev–Trinajstić information content (AvgIpc) is 3.62. The molecule has 258 valence electrons. The van der Waals surface area contributed by atoms with Crippen molar-refractivity contribution in [3.8, 4) is 16.8 Å². The SMILES string of the molecule is c1ccc(-c2cccc(C3N=C(c4ccc5ccccc5c4)N=C(c4cccc(-n5c6ccc7ccccc7c6c6c7ccccc7ccc65)c4)N3)c2)cc1. The average molecular weight is 703 g/mol. The Morgan fingerprint density at radius 2 is 1.02 bits per heavy atom. The number of nitrogens with zero attached hydrogens (tertiary/aromatic N) is 3. The standard InChI is InChI=1S/C51H34N4/c1-2-12-33(13-3-1)38-18-10-19-39(30-38)49-52-50(54-51(53-49)41-25-24-34-14-4-5-17-37(34)31-41)40-20-11-21-42(32-40)55-45-28-26-35-15-6-8-22-43(35)47(45)48-44-23-9-7-16-36(44)27-29-46(48)55/h1-32,49H,(H,52,53,54). The third kappa shape index (κ3) is 5.30. The molecule has 0 fully saturated rings. The molecule has 9 aromatic carbocycles. The van der Waals surface area contributed by atoms with E-state index in [1.54, 1.807) is 0 Å². The highest BCUT2D eigenvalue weighted by Gasteiger charge is 2.23. The van der Waals surface area contributed by atoms with E-state index in [2.05, 4.69) is 204 Å². The number of hydrogen-bond acceptors (Lipinski definition) is 3. The van der Waals surface area contributed by atoms with Crippen LogP contribution in [0.25, 0.3) is 70.9 Å². The van der Waals surface area contributed by atoms with Crippen molar-refractivity contribution in [2.45, 2.75) is 6.17 Å². The molecule has 10 aromatic rings. The van der Waals surface area contributed by atoms with Crippen molar-refractivity contribution in [1.29, 1.82) is 0 Å². The zero-order chi connectivity index (χ0) is 36.3. The molecule has 2 heterocycles. The Morgan fingerprint density at radius 1 is 0.418 bits per heavy atom. The minimum Gasteiger partial charge on any atom is -0.344 e. The highest BCUT2D eigenvalue weighted by molar-refractivity contribution is 6.28. The number of rotatable bonds is 5. The summed E-state index contributed by atoms with van der Waals surface area (Å²) in [5.41, 5.74) is 8.80. The molecule has 1 N–H and O–H groups in total. The van der Waals surface area contributed by atoms with Gasteiger partial charge in [-0.05, 0) is 85.4 Å². The summed E-state index contributed by atoms with van der Waals surface area (Å²) in [5.74, 6) is 1.49. The Kier molecular flexibility index (Phi) is 7.20. The summed E-state index contributed by atoms with van der Waals surface area (Å²) in [6, 6.07) is 69.3. The maximum absolute atomic E-state index is 5.26. The molecule has 4 nitrogen and oxygen atoms in total. The van der Waals surface area contributed by atoms with Crippen molar-refractivity contribution in [3.63, 3.8) is 0 Å². The number of aromatic nitrogens is 1. The molecule has 11 rings (SSSR count). The van der Waals surface area contributed by atoms with Crippen molar-refractivity contribution in [3.05, 3.63) is 211 Å². The highest BCUT2D eigenvalue weighted by Crippen LogP contribution is 2.40. The lowest BCUT2D eigenvalue weighted by Crippen LogP contribution is -2.33. The molecule has 0 spiro atoms. The molecule has 1 atom stereocenters. The second-order valence-electron chi connectivity index (χ2n) is 14.3. The molecule has 1 aliphatic rings. The van der Waals surface area contributed by atoms with Crippen LogP contribution in [0.4, 0.5) is 0 Å². The molecule has 0 amide bonds. The molecule has 4 heteroatoms. The van der Waals surface area contributed by atoms with Crippen molar-refractivity contribution in [2.24, 2.45) is 9.98 Å². The number of nitrogens with one attached hydrogen (secondary N) is 1. The van der Waals surface area contributed by atoms with Crippen LogP contribution >= 0.6 is 0 Å². The Balaban J connectivity index is 1.09. The van der Waals surface area contributed by atoms with Gasteiger partial charge in [0.1, 0.15) is 12.0 Å². The number of aliphatic imine (C=N–C) groups is 2. The van der Waals surface area contributed by atoms with E-state index in [9.17, 15) is 0 Å². The van der Waals surface area contributed by atoms with Gasteiger partial charge >= 0.3 is 0 Å². The maximum Gasteiger partial charge on any atom is 0.159 e. The van der Waals surface area contributed by atoms with Gasteiger partial charge in [0.25, 0.3) is 0 Å². The Bertz CT molecular complexity index is 3100. The molecule has 1 unspecified atom stereocenters. The van der Waals surface area contributed by atoms with Gasteiger partial charge in [0.2, 0.25) is 0 Å². The quantitative estimate of drug-likeness (QED) is 0.191. The van der Waals surface area contributed by atoms with Crippen LogP contribution < -0.4 is 5.32 Å². The van der Waals surface area contributed by atoms with E-state index >= 15 is 0 Å². The van der Waals surface area contributed by atoms with Gasteiger partial charge < -0.3 is 9.88 Å². The number of benzene rings is 9. The van der Waals surface area contributed by atoms with Gasteiger partial charge in [0.15, 0.2) is 5.84 Å². The molecule has 0 saturated carbocycles. The summed E-state index contributed by atoms with van der Waals surface area (Å²) in [4.78, 5) is 10.5. The lowest BCUT2D eigenvalue weighted by Gasteiger charge is -2.24. The fraction of sp³-hybridized carbons (Fsp3) is 0.0196. The number of fused-ring (bicyclic) bond motifs is 8. The van der Waals surface area contributed by atoms with Crippen LogP contribution in [0.15, 0.2) is 204 Å². The van der Waals surface area contributed by atoms with Crippen LogP contribution in [0.3, 0.4) is 0 Å². The molecule has 1 aromatic heterocycles. The molecule has 0 saturated heterocycles. The van der Waals surface area contributed by atoms with Gasteiger partial charge in [-0.2, -0.15) is 0 Å². The molecular weight excluding hydrogens is 669 g/mol. The fourth-order valence-electron chi connectivity index (χ4n) is 8.36. The van der Waals surface area contributed by atoms with Crippen LogP contribution in [-0.4, -0.2) is 16.2 Å². The first-order valence-electron chi connectivity index (χ1n) is 18.8. The zero-order valence-electron chi connectivity index (χ0n) is 29.9. The Morgan fingerprint density at radius 3 is 1.76 bits per heavy atom. The molecule has 0 radical (unpaired) electrons. The zero-order valence-corrected chi connectivity index (χ0v) is 29.9. The summed E-state index contributed by atoms with van der Waals surface area (Å²) in [6.07, 6.45) is -0.341. The summed E-state index contributed by atoms with van der Waals surface area (Å²) >= 11 is 0. The third-order valence-electron chi connectivity index (χ3n) is 11.0. The van der Waals surface area contributed by atoms with Crippen molar-refractivity contribution < 1.29 is 0 Å². The first kappa shape index (κ1) is 31.2. The first-order chi connectivity index (χ1) is 27.2. The van der Waals surface area contributed by atoms with E-state index in [0.717, 1.165) is 39.2 Å². The van der Waals surface area contributed by atoms with Crippen molar-refractivity contribution in [2.75, 3.05) is 0 Å². The summed E-state index contributed by atoms with van der Waals surface area (Å²) in [7, 11) is 0. The fourth-order valence-corrected chi connectivity index (χ4v) is 8.36. The van der Waals surface area contributed by atoms with Gasteiger partial charge in [-0.25, -0.2) is 9.98 Å². The smallest absolute Gasteiger partial charge is 0.159 e.